The van der Waals surface area contributed by atoms with Crippen LogP contribution in [0.15, 0.2) is 63.7 Å². The summed E-state index contributed by atoms with van der Waals surface area (Å²) in [5, 5.41) is 0.879. The van der Waals surface area contributed by atoms with Crippen molar-refractivity contribution in [3.8, 4) is 0 Å². The first-order valence-corrected chi connectivity index (χ1v) is 6.77. The summed E-state index contributed by atoms with van der Waals surface area (Å²) >= 11 is 3.38. The Morgan fingerprint density at radius 2 is 1.79 bits per heavy atom. The van der Waals surface area contributed by atoms with Crippen LogP contribution in [0.3, 0.4) is 0 Å². The molecule has 3 aromatic rings. The van der Waals surface area contributed by atoms with Crippen molar-refractivity contribution in [1.29, 1.82) is 0 Å². The summed E-state index contributed by atoms with van der Waals surface area (Å²) in [5.74, 6) is 0.0762. The average Bonchev–Trinajstić information content (AvgIpc) is 2.85. The molecule has 0 saturated carbocycles. The molecule has 0 saturated heterocycles. The van der Waals surface area contributed by atoms with E-state index in [4.69, 9.17) is 4.42 Å². The Hall–Kier alpha value is -1.87. The molecule has 1 heterocycles. The molecule has 0 N–H and O–H groups in total. The van der Waals surface area contributed by atoms with Gasteiger partial charge in [0, 0.05) is 16.3 Å². The molecule has 2 aromatic carbocycles. The van der Waals surface area contributed by atoms with E-state index in [9.17, 15) is 4.79 Å². The Morgan fingerprint density at radius 1 is 1.05 bits per heavy atom. The Kier molecular flexibility index (Phi) is 3.22. The van der Waals surface area contributed by atoms with Crippen molar-refractivity contribution in [3.05, 3.63) is 70.4 Å². The Balaban J connectivity index is 1.90. The molecule has 0 bridgehead atoms. The van der Waals surface area contributed by atoms with Gasteiger partial charge in [0.15, 0.2) is 5.78 Å². The van der Waals surface area contributed by atoms with Crippen LogP contribution in [0.5, 0.6) is 0 Å². The number of fused-ring (bicyclic) bond motifs is 1. The van der Waals surface area contributed by atoms with E-state index >= 15 is 0 Å². The van der Waals surface area contributed by atoms with Crippen LogP contribution in [0.2, 0.25) is 0 Å². The van der Waals surface area contributed by atoms with Gasteiger partial charge in [-0.3, -0.25) is 4.79 Å². The predicted molar refractivity (Wildman–Crippen MR) is 78.4 cm³/mol. The topological polar surface area (TPSA) is 30.2 Å². The van der Waals surface area contributed by atoms with E-state index in [0.717, 1.165) is 21.0 Å². The highest BCUT2D eigenvalue weighted by atomic mass is 79.9. The second-order valence-electron chi connectivity index (χ2n) is 4.37. The maximum absolute atomic E-state index is 12.3. The first-order valence-electron chi connectivity index (χ1n) is 5.98. The molecule has 0 fully saturated rings. The number of rotatable bonds is 3. The number of benzene rings is 2. The minimum absolute atomic E-state index is 0.0762. The summed E-state index contributed by atoms with van der Waals surface area (Å²) in [6.07, 6.45) is 1.93. The van der Waals surface area contributed by atoms with E-state index < -0.39 is 0 Å². The van der Waals surface area contributed by atoms with Crippen LogP contribution in [-0.2, 0) is 6.42 Å². The fourth-order valence-electron chi connectivity index (χ4n) is 2.08. The van der Waals surface area contributed by atoms with Crippen LogP contribution in [0.1, 0.15) is 15.9 Å². The van der Waals surface area contributed by atoms with E-state index in [2.05, 4.69) is 15.9 Å². The average molecular weight is 315 g/mol. The third-order valence-electron chi connectivity index (χ3n) is 3.06. The third-order valence-corrected chi connectivity index (χ3v) is 3.59. The van der Waals surface area contributed by atoms with Crippen LogP contribution in [-0.4, -0.2) is 5.78 Å². The van der Waals surface area contributed by atoms with Crippen molar-refractivity contribution < 1.29 is 9.21 Å². The Morgan fingerprint density at radius 3 is 2.58 bits per heavy atom. The van der Waals surface area contributed by atoms with E-state index in [1.165, 1.54) is 0 Å². The molecule has 0 radical (unpaired) electrons. The minimum atomic E-state index is 0.0762. The van der Waals surface area contributed by atoms with Gasteiger partial charge in [-0.1, -0.05) is 46.3 Å². The summed E-state index contributed by atoms with van der Waals surface area (Å²) in [5.41, 5.74) is 2.40. The molecule has 2 nitrogen and oxygen atoms in total. The molecule has 0 aliphatic heterocycles. The number of carbonyl (C=O) groups excluding carboxylic acids is 1. The number of carbonyl (C=O) groups is 1. The maximum Gasteiger partial charge on any atom is 0.171 e. The number of furan rings is 1. The van der Waals surface area contributed by atoms with E-state index in [-0.39, 0.29) is 5.78 Å². The van der Waals surface area contributed by atoms with E-state index in [1.54, 1.807) is 6.26 Å². The molecular formula is C16H11BrO2. The zero-order valence-electron chi connectivity index (χ0n) is 10.1. The molecule has 0 aliphatic rings. The van der Waals surface area contributed by atoms with Crippen molar-refractivity contribution >= 4 is 32.7 Å². The van der Waals surface area contributed by atoms with Crippen LogP contribution < -0.4 is 0 Å². The largest absolute Gasteiger partial charge is 0.464 e. The van der Waals surface area contributed by atoms with Gasteiger partial charge in [-0.15, -0.1) is 0 Å². The summed E-state index contributed by atoms with van der Waals surface area (Å²) in [4.78, 5) is 12.3. The highest BCUT2D eigenvalue weighted by Crippen LogP contribution is 2.22. The normalized spacial score (nSPS) is 10.8. The van der Waals surface area contributed by atoms with Gasteiger partial charge in [0.05, 0.1) is 5.56 Å². The SMILES string of the molecule is O=C(Cc1ccc(Br)cc1)c1coc2ccccc12. The summed E-state index contributed by atoms with van der Waals surface area (Å²) < 4.78 is 6.41. The molecule has 19 heavy (non-hydrogen) atoms. The lowest BCUT2D eigenvalue weighted by atomic mass is 10.0. The lowest BCUT2D eigenvalue weighted by Crippen LogP contribution is -2.02. The number of hydrogen-bond donors (Lipinski definition) is 0. The fourth-order valence-corrected chi connectivity index (χ4v) is 2.34. The van der Waals surface area contributed by atoms with Gasteiger partial charge >= 0.3 is 0 Å². The van der Waals surface area contributed by atoms with Gasteiger partial charge in [0.1, 0.15) is 11.8 Å². The first kappa shape index (κ1) is 12.2. The van der Waals surface area contributed by atoms with E-state index in [0.29, 0.717) is 12.0 Å². The van der Waals surface area contributed by atoms with Gasteiger partial charge in [-0.25, -0.2) is 0 Å². The van der Waals surface area contributed by atoms with Crippen molar-refractivity contribution in [2.45, 2.75) is 6.42 Å². The molecule has 0 aliphatic carbocycles. The van der Waals surface area contributed by atoms with Crippen LogP contribution in [0.4, 0.5) is 0 Å². The molecule has 0 amide bonds. The molecule has 3 rings (SSSR count). The molecular weight excluding hydrogens is 304 g/mol. The lowest BCUT2D eigenvalue weighted by Gasteiger charge is -2.00. The molecule has 0 unspecified atom stereocenters. The number of halogens is 1. The zero-order valence-corrected chi connectivity index (χ0v) is 11.7. The fraction of sp³-hybridized carbons (Fsp3) is 0.0625. The molecule has 94 valence electrons. The monoisotopic (exact) mass is 314 g/mol. The number of ketones is 1. The molecule has 3 heteroatoms. The van der Waals surface area contributed by atoms with E-state index in [1.807, 2.05) is 48.5 Å². The number of hydrogen-bond acceptors (Lipinski definition) is 2. The highest BCUT2D eigenvalue weighted by molar-refractivity contribution is 9.10. The quantitative estimate of drug-likeness (QED) is 0.660. The second kappa shape index (κ2) is 5.02. The Bertz CT molecular complexity index is 726. The molecule has 0 spiro atoms. The van der Waals surface area contributed by atoms with Gasteiger partial charge in [-0.2, -0.15) is 0 Å². The van der Waals surface area contributed by atoms with Gasteiger partial charge < -0.3 is 4.42 Å². The van der Waals surface area contributed by atoms with Crippen LogP contribution >= 0.6 is 15.9 Å². The third kappa shape index (κ3) is 2.47. The van der Waals surface area contributed by atoms with Crippen molar-refractivity contribution in [3.63, 3.8) is 0 Å². The summed E-state index contributed by atoms with van der Waals surface area (Å²) in [7, 11) is 0. The van der Waals surface area contributed by atoms with Crippen LogP contribution in [0.25, 0.3) is 11.0 Å². The summed E-state index contributed by atoms with van der Waals surface area (Å²) in [6.45, 7) is 0. The Labute approximate surface area is 119 Å². The zero-order chi connectivity index (χ0) is 13.2. The first-order chi connectivity index (χ1) is 9.24. The van der Waals surface area contributed by atoms with Gasteiger partial charge in [-0.05, 0) is 23.8 Å². The standard InChI is InChI=1S/C16H11BrO2/c17-12-7-5-11(6-8-12)9-15(18)14-10-19-16-4-2-1-3-13(14)16/h1-8,10H,9H2. The lowest BCUT2D eigenvalue weighted by molar-refractivity contribution is 0.0993. The summed E-state index contributed by atoms with van der Waals surface area (Å²) in [6, 6.07) is 15.4. The second-order valence-corrected chi connectivity index (χ2v) is 5.29. The highest BCUT2D eigenvalue weighted by Gasteiger charge is 2.13. The van der Waals surface area contributed by atoms with Gasteiger partial charge in [0.2, 0.25) is 0 Å². The van der Waals surface area contributed by atoms with Crippen molar-refractivity contribution in [2.75, 3.05) is 0 Å². The molecule has 0 atom stereocenters. The van der Waals surface area contributed by atoms with Crippen LogP contribution in [0, 0.1) is 0 Å². The van der Waals surface area contributed by atoms with Crippen molar-refractivity contribution in [2.24, 2.45) is 0 Å². The van der Waals surface area contributed by atoms with Crippen molar-refractivity contribution in [1.82, 2.24) is 0 Å². The molecule has 1 aromatic heterocycles. The number of para-hydroxylation sites is 1. The number of Topliss-reactive ketones (excluding diaryl/α,β-unsaturated/α-hetero) is 1. The van der Waals surface area contributed by atoms with Gasteiger partial charge in [0.25, 0.3) is 0 Å². The smallest absolute Gasteiger partial charge is 0.171 e. The minimum Gasteiger partial charge on any atom is -0.464 e. The maximum atomic E-state index is 12.3. The predicted octanol–water partition coefficient (Wildman–Crippen LogP) is 4.62.